The standard InChI is InChI=1S/C11H19NO3S/c13-11(12-5-2-1-3-6-12)8-10-4-7-16(14,15)9-10/h10H,1-9H2. The maximum Gasteiger partial charge on any atom is 0.222 e. The van der Waals surface area contributed by atoms with E-state index in [0.717, 1.165) is 25.9 Å². The van der Waals surface area contributed by atoms with Gasteiger partial charge in [0.15, 0.2) is 9.84 Å². The molecule has 0 aromatic heterocycles. The zero-order valence-electron chi connectivity index (χ0n) is 9.52. The third-order valence-corrected chi connectivity index (χ3v) is 5.34. The number of carbonyl (C=O) groups is 1. The molecule has 0 spiro atoms. The van der Waals surface area contributed by atoms with Crippen molar-refractivity contribution in [2.45, 2.75) is 32.1 Å². The van der Waals surface area contributed by atoms with Crippen LogP contribution in [-0.4, -0.2) is 43.8 Å². The summed E-state index contributed by atoms with van der Waals surface area (Å²) in [4.78, 5) is 13.8. The average molecular weight is 245 g/mol. The molecule has 0 radical (unpaired) electrons. The normalized spacial score (nSPS) is 29.2. The van der Waals surface area contributed by atoms with Crippen LogP contribution in [0, 0.1) is 5.92 Å². The van der Waals surface area contributed by atoms with Crippen molar-refractivity contribution < 1.29 is 13.2 Å². The first-order chi connectivity index (χ1) is 7.57. The van der Waals surface area contributed by atoms with Crippen LogP contribution in [0.4, 0.5) is 0 Å². The first-order valence-electron chi connectivity index (χ1n) is 6.05. The molecule has 1 atom stereocenters. The van der Waals surface area contributed by atoms with Crippen molar-refractivity contribution in [2.24, 2.45) is 5.92 Å². The van der Waals surface area contributed by atoms with E-state index in [0.29, 0.717) is 12.8 Å². The summed E-state index contributed by atoms with van der Waals surface area (Å²) in [6.45, 7) is 1.72. The molecule has 92 valence electrons. The average Bonchev–Trinajstić information content (AvgIpc) is 2.59. The molecule has 2 heterocycles. The summed E-state index contributed by atoms with van der Waals surface area (Å²) < 4.78 is 22.5. The highest BCUT2D eigenvalue weighted by Gasteiger charge is 2.30. The number of hydrogen-bond donors (Lipinski definition) is 0. The Hall–Kier alpha value is -0.580. The molecular formula is C11H19NO3S. The van der Waals surface area contributed by atoms with Crippen LogP contribution < -0.4 is 0 Å². The molecule has 1 amide bonds. The fourth-order valence-electron chi connectivity index (χ4n) is 2.55. The Bertz CT molecular complexity index is 357. The predicted molar refractivity (Wildman–Crippen MR) is 61.8 cm³/mol. The minimum Gasteiger partial charge on any atom is -0.343 e. The van der Waals surface area contributed by atoms with Gasteiger partial charge in [-0.2, -0.15) is 0 Å². The van der Waals surface area contributed by atoms with Crippen molar-refractivity contribution in [3.63, 3.8) is 0 Å². The molecule has 5 heteroatoms. The third kappa shape index (κ3) is 2.97. The first kappa shape index (κ1) is 11.9. The second kappa shape index (κ2) is 4.73. The molecular weight excluding hydrogens is 226 g/mol. The summed E-state index contributed by atoms with van der Waals surface area (Å²) in [5.41, 5.74) is 0. The molecule has 0 N–H and O–H groups in total. The zero-order valence-corrected chi connectivity index (χ0v) is 10.3. The third-order valence-electron chi connectivity index (χ3n) is 3.50. The van der Waals surface area contributed by atoms with E-state index in [-0.39, 0.29) is 23.3 Å². The highest BCUT2D eigenvalue weighted by atomic mass is 32.2. The van der Waals surface area contributed by atoms with Crippen LogP contribution >= 0.6 is 0 Å². The number of amides is 1. The Morgan fingerprint density at radius 1 is 1.19 bits per heavy atom. The number of nitrogens with zero attached hydrogens (tertiary/aromatic N) is 1. The monoisotopic (exact) mass is 245 g/mol. The number of hydrogen-bond acceptors (Lipinski definition) is 3. The Morgan fingerprint density at radius 3 is 2.44 bits per heavy atom. The minimum atomic E-state index is -2.84. The Labute approximate surface area is 96.9 Å². The van der Waals surface area contributed by atoms with E-state index < -0.39 is 9.84 Å². The lowest BCUT2D eigenvalue weighted by molar-refractivity contribution is -0.132. The van der Waals surface area contributed by atoms with Crippen LogP contribution in [0.1, 0.15) is 32.1 Å². The van der Waals surface area contributed by atoms with Crippen LogP contribution in [0.3, 0.4) is 0 Å². The molecule has 0 aromatic rings. The van der Waals surface area contributed by atoms with Crippen LogP contribution in [-0.2, 0) is 14.6 Å². The summed E-state index contributed by atoms with van der Waals surface area (Å²) in [6, 6.07) is 0. The summed E-state index contributed by atoms with van der Waals surface area (Å²) in [7, 11) is -2.84. The van der Waals surface area contributed by atoms with E-state index >= 15 is 0 Å². The molecule has 2 saturated heterocycles. The molecule has 0 aromatic carbocycles. The molecule has 2 aliphatic rings. The fraction of sp³-hybridized carbons (Fsp3) is 0.909. The fourth-order valence-corrected chi connectivity index (χ4v) is 4.41. The number of carbonyl (C=O) groups excluding carboxylic acids is 1. The van der Waals surface area contributed by atoms with Crippen molar-refractivity contribution in [3.05, 3.63) is 0 Å². The van der Waals surface area contributed by atoms with Crippen molar-refractivity contribution in [3.8, 4) is 0 Å². The van der Waals surface area contributed by atoms with Gasteiger partial charge in [0.05, 0.1) is 11.5 Å². The topological polar surface area (TPSA) is 54.5 Å². The molecule has 0 saturated carbocycles. The Balaban J connectivity index is 1.83. The van der Waals surface area contributed by atoms with Gasteiger partial charge in [0.1, 0.15) is 0 Å². The van der Waals surface area contributed by atoms with Crippen molar-refractivity contribution >= 4 is 15.7 Å². The van der Waals surface area contributed by atoms with Gasteiger partial charge >= 0.3 is 0 Å². The lowest BCUT2D eigenvalue weighted by Crippen LogP contribution is -2.36. The summed E-state index contributed by atoms with van der Waals surface area (Å²) in [5, 5.41) is 0. The van der Waals surface area contributed by atoms with Crippen molar-refractivity contribution in [1.82, 2.24) is 4.90 Å². The van der Waals surface area contributed by atoms with E-state index in [9.17, 15) is 13.2 Å². The quantitative estimate of drug-likeness (QED) is 0.724. The summed E-state index contributed by atoms with van der Waals surface area (Å²) >= 11 is 0. The van der Waals surface area contributed by atoms with Crippen LogP contribution in [0.5, 0.6) is 0 Å². The largest absolute Gasteiger partial charge is 0.343 e. The minimum absolute atomic E-state index is 0.0689. The zero-order chi connectivity index (χ0) is 11.6. The van der Waals surface area contributed by atoms with Gasteiger partial charge in [-0.3, -0.25) is 4.79 Å². The van der Waals surface area contributed by atoms with Crippen LogP contribution in [0.15, 0.2) is 0 Å². The number of sulfone groups is 1. The molecule has 16 heavy (non-hydrogen) atoms. The van der Waals surface area contributed by atoms with E-state index in [1.54, 1.807) is 0 Å². The second-order valence-corrected chi connectivity index (χ2v) is 7.14. The molecule has 4 nitrogen and oxygen atoms in total. The number of rotatable bonds is 2. The second-order valence-electron chi connectivity index (χ2n) is 4.91. The van der Waals surface area contributed by atoms with Gasteiger partial charge < -0.3 is 4.90 Å². The Kier molecular flexibility index (Phi) is 3.52. The summed E-state index contributed by atoms with van der Waals surface area (Å²) in [6.07, 6.45) is 4.49. The summed E-state index contributed by atoms with van der Waals surface area (Å²) in [5.74, 6) is 0.707. The molecule has 2 rings (SSSR count). The van der Waals surface area contributed by atoms with Crippen molar-refractivity contribution in [1.29, 1.82) is 0 Å². The van der Waals surface area contributed by atoms with Gasteiger partial charge in [0.2, 0.25) is 5.91 Å². The maximum atomic E-state index is 11.9. The molecule has 1 unspecified atom stereocenters. The van der Waals surface area contributed by atoms with Crippen LogP contribution in [0.2, 0.25) is 0 Å². The molecule has 0 aliphatic carbocycles. The maximum absolute atomic E-state index is 11.9. The predicted octanol–water partition coefficient (Wildman–Crippen LogP) is 0.824. The smallest absolute Gasteiger partial charge is 0.222 e. The number of likely N-dealkylation sites (tertiary alicyclic amines) is 1. The van der Waals surface area contributed by atoms with E-state index in [2.05, 4.69) is 0 Å². The van der Waals surface area contributed by atoms with Gasteiger partial charge in [-0.05, 0) is 31.6 Å². The lowest BCUT2D eigenvalue weighted by Gasteiger charge is -2.27. The van der Waals surface area contributed by atoms with Gasteiger partial charge in [-0.15, -0.1) is 0 Å². The van der Waals surface area contributed by atoms with Gasteiger partial charge in [-0.25, -0.2) is 8.42 Å². The highest BCUT2D eigenvalue weighted by Crippen LogP contribution is 2.23. The highest BCUT2D eigenvalue weighted by molar-refractivity contribution is 7.91. The van der Waals surface area contributed by atoms with Gasteiger partial charge in [0, 0.05) is 19.5 Å². The molecule has 0 bridgehead atoms. The SMILES string of the molecule is O=C(CC1CCS(=O)(=O)C1)N1CCCCC1. The van der Waals surface area contributed by atoms with E-state index in [4.69, 9.17) is 0 Å². The van der Waals surface area contributed by atoms with Gasteiger partial charge in [-0.1, -0.05) is 0 Å². The van der Waals surface area contributed by atoms with E-state index in [1.165, 1.54) is 6.42 Å². The Morgan fingerprint density at radius 2 is 1.88 bits per heavy atom. The number of piperidine rings is 1. The molecule has 2 aliphatic heterocycles. The van der Waals surface area contributed by atoms with E-state index in [1.807, 2.05) is 4.90 Å². The van der Waals surface area contributed by atoms with Gasteiger partial charge in [0.25, 0.3) is 0 Å². The molecule has 2 fully saturated rings. The van der Waals surface area contributed by atoms with Crippen LogP contribution in [0.25, 0.3) is 0 Å². The van der Waals surface area contributed by atoms with Crippen molar-refractivity contribution in [2.75, 3.05) is 24.6 Å². The first-order valence-corrected chi connectivity index (χ1v) is 7.87. The lowest BCUT2D eigenvalue weighted by atomic mass is 10.0.